The average molecular weight is 334 g/mol. The molecule has 1 heterocycles. The molecule has 0 aliphatic rings. The van der Waals surface area contributed by atoms with E-state index in [2.05, 4.69) is 77.5 Å². The summed E-state index contributed by atoms with van der Waals surface area (Å²) in [6, 6.07) is 31.7. The summed E-state index contributed by atoms with van der Waals surface area (Å²) in [6.45, 7) is 0. The Morgan fingerprint density at radius 1 is 0.654 bits per heavy atom. The van der Waals surface area contributed by atoms with Crippen LogP contribution in [0.1, 0.15) is 0 Å². The molecule has 1 aromatic heterocycles. The minimum atomic E-state index is 0.781. The first-order chi connectivity index (χ1) is 12.8. The summed E-state index contributed by atoms with van der Waals surface area (Å²) in [5, 5.41) is 3.75. The molecule has 0 saturated heterocycles. The molecule has 0 bridgehead atoms. The molecule has 0 aliphatic carbocycles. The number of rotatable bonds is 2. The van der Waals surface area contributed by atoms with Gasteiger partial charge in [0.1, 0.15) is 0 Å². The van der Waals surface area contributed by atoms with E-state index in [4.69, 9.17) is 5.73 Å². The minimum absolute atomic E-state index is 0.781. The van der Waals surface area contributed by atoms with E-state index in [1.165, 1.54) is 27.3 Å². The van der Waals surface area contributed by atoms with Crippen LogP contribution in [0.25, 0.3) is 38.5 Å². The summed E-state index contributed by atoms with van der Waals surface area (Å²) in [5.74, 6) is 0. The van der Waals surface area contributed by atoms with Gasteiger partial charge in [0.25, 0.3) is 0 Å². The molecule has 0 saturated carbocycles. The van der Waals surface area contributed by atoms with Crippen LogP contribution in [0, 0.1) is 0 Å². The van der Waals surface area contributed by atoms with Crippen LogP contribution in [0.3, 0.4) is 0 Å². The molecular weight excluding hydrogens is 316 g/mol. The van der Waals surface area contributed by atoms with Gasteiger partial charge in [0, 0.05) is 11.6 Å². The van der Waals surface area contributed by atoms with Gasteiger partial charge in [-0.05, 0) is 52.2 Å². The summed E-state index contributed by atoms with van der Waals surface area (Å²) < 4.78 is 2.15. The van der Waals surface area contributed by atoms with Crippen molar-refractivity contribution in [1.82, 2.24) is 4.57 Å². The Balaban J connectivity index is 1.69. The third kappa shape index (κ3) is 2.27. The second-order valence-corrected chi connectivity index (χ2v) is 6.54. The highest BCUT2D eigenvalue weighted by Crippen LogP contribution is 2.32. The van der Waals surface area contributed by atoms with Gasteiger partial charge < -0.3 is 10.3 Å². The summed E-state index contributed by atoms with van der Waals surface area (Å²) in [7, 11) is 0. The Morgan fingerprint density at radius 3 is 2.38 bits per heavy atom. The van der Waals surface area contributed by atoms with Crippen molar-refractivity contribution in [2.45, 2.75) is 0 Å². The van der Waals surface area contributed by atoms with Crippen LogP contribution in [0.2, 0.25) is 0 Å². The number of aromatic nitrogens is 1. The molecule has 5 rings (SSSR count). The number of anilines is 1. The van der Waals surface area contributed by atoms with Gasteiger partial charge in [0.05, 0.1) is 16.9 Å². The number of benzene rings is 4. The van der Waals surface area contributed by atoms with Gasteiger partial charge in [-0.15, -0.1) is 0 Å². The first-order valence-electron chi connectivity index (χ1n) is 8.75. The Morgan fingerprint density at radius 2 is 1.46 bits per heavy atom. The molecule has 0 atom stereocenters. The molecule has 0 aliphatic heterocycles. The van der Waals surface area contributed by atoms with E-state index in [-0.39, 0.29) is 0 Å². The van der Waals surface area contributed by atoms with Gasteiger partial charge in [0.2, 0.25) is 0 Å². The van der Waals surface area contributed by atoms with Gasteiger partial charge in [-0.25, -0.2) is 0 Å². The number of nitrogens with two attached hydrogens (primary N) is 1. The lowest BCUT2D eigenvalue weighted by Gasteiger charge is -2.10. The predicted octanol–water partition coefficient (Wildman–Crippen LogP) is 6.03. The minimum Gasteiger partial charge on any atom is -0.397 e. The van der Waals surface area contributed by atoms with E-state index in [0.29, 0.717) is 0 Å². The fourth-order valence-corrected chi connectivity index (χ4v) is 3.70. The maximum absolute atomic E-state index is 6.17. The SMILES string of the molecule is Nc1ccccc1-n1ccc2cc(-c3cccc4ccccc34)ccc21. The number of para-hydroxylation sites is 2. The van der Waals surface area contributed by atoms with Crippen molar-refractivity contribution < 1.29 is 0 Å². The lowest BCUT2D eigenvalue weighted by atomic mass is 9.97. The maximum atomic E-state index is 6.17. The molecule has 4 aromatic carbocycles. The predicted molar refractivity (Wildman–Crippen MR) is 111 cm³/mol. The molecule has 0 spiro atoms. The molecule has 2 N–H and O–H groups in total. The van der Waals surface area contributed by atoms with Crippen molar-refractivity contribution in [3.05, 3.63) is 97.2 Å². The van der Waals surface area contributed by atoms with Gasteiger partial charge in [-0.2, -0.15) is 0 Å². The Labute approximate surface area is 152 Å². The fraction of sp³-hybridized carbons (Fsp3) is 0. The van der Waals surface area contributed by atoms with Crippen LogP contribution in [0.4, 0.5) is 5.69 Å². The number of nitrogens with zero attached hydrogens (tertiary/aromatic N) is 1. The van der Waals surface area contributed by atoms with Crippen LogP contribution in [0.15, 0.2) is 97.2 Å². The van der Waals surface area contributed by atoms with Crippen LogP contribution in [0.5, 0.6) is 0 Å². The molecule has 0 fully saturated rings. The zero-order chi connectivity index (χ0) is 17.5. The van der Waals surface area contributed by atoms with Crippen molar-refractivity contribution in [3.63, 3.8) is 0 Å². The molecule has 2 heteroatoms. The molecule has 2 nitrogen and oxygen atoms in total. The highest BCUT2D eigenvalue weighted by atomic mass is 15.0. The maximum Gasteiger partial charge on any atom is 0.0685 e. The molecule has 5 aromatic rings. The lowest BCUT2D eigenvalue weighted by molar-refractivity contribution is 1.13. The quantitative estimate of drug-likeness (QED) is 0.392. The van der Waals surface area contributed by atoms with Crippen LogP contribution >= 0.6 is 0 Å². The van der Waals surface area contributed by atoms with Crippen LogP contribution in [-0.4, -0.2) is 4.57 Å². The number of nitrogen functional groups attached to an aromatic ring is 1. The van der Waals surface area contributed by atoms with E-state index in [1.54, 1.807) is 0 Å². The second-order valence-electron chi connectivity index (χ2n) is 6.54. The van der Waals surface area contributed by atoms with Crippen molar-refractivity contribution in [2.75, 3.05) is 5.73 Å². The van der Waals surface area contributed by atoms with Gasteiger partial charge >= 0.3 is 0 Å². The van der Waals surface area contributed by atoms with E-state index >= 15 is 0 Å². The zero-order valence-corrected chi connectivity index (χ0v) is 14.3. The molecular formula is C24H18N2. The molecule has 0 radical (unpaired) electrons. The van der Waals surface area contributed by atoms with Crippen molar-refractivity contribution >= 4 is 27.4 Å². The smallest absolute Gasteiger partial charge is 0.0685 e. The lowest BCUT2D eigenvalue weighted by Crippen LogP contribution is -1.97. The number of fused-ring (bicyclic) bond motifs is 2. The summed E-state index contributed by atoms with van der Waals surface area (Å²) in [5.41, 5.74) is 11.6. The average Bonchev–Trinajstić information content (AvgIpc) is 3.11. The normalized spacial score (nSPS) is 11.2. The van der Waals surface area contributed by atoms with Crippen LogP contribution in [-0.2, 0) is 0 Å². The van der Waals surface area contributed by atoms with E-state index in [0.717, 1.165) is 16.9 Å². The summed E-state index contributed by atoms with van der Waals surface area (Å²) in [6.07, 6.45) is 2.09. The molecule has 0 amide bonds. The third-order valence-electron chi connectivity index (χ3n) is 4.99. The largest absolute Gasteiger partial charge is 0.397 e. The van der Waals surface area contributed by atoms with E-state index in [1.807, 2.05) is 24.3 Å². The van der Waals surface area contributed by atoms with Gasteiger partial charge in [-0.1, -0.05) is 60.7 Å². The molecule has 124 valence electrons. The van der Waals surface area contributed by atoms with Crippen molar-refractivity contribution in [1.29, 1.82) is 0 Å². The van der Waals surface area contributed by atoms with E-state index < -0.39 is 0 Å². The number of hydrogen-bond donors (Lipinski definition) is 1. The third-order valence-corrected chi connectivity index (χ3v) is 4.99. The Bertz CT molecular complexity index is 1240. The second kappa shape index (κ2) is 5.78. The van der Waals surface area contributed by atoms with Gasteiger partial charge in [0.15, 0.2) is 0 Å². The highest BCUT2D eigenvalue weighted by Gasteiger charge is 2.09. The summed E-state index contributed by atoms with van der Waals surface area (Å²) in [4.78, 5) is 0. The zero-order valence-electron chi connectivity index (χ0n) is 14.3. The van der Waals surface area contributed by atoms with Crippen LogP contribution < -0.4 is 5.73 Å². The van der Waals surface area contributed by atoms with Crippen molar-refractivity contribution in [3.8, 4) is 16.8 Å². The Kier molecular flexibility index (Phi) is 3.29. The van der Waals surface area contributed by atoms with E-state index in [9.17, 15) is 0 Å². The topological polar surface area (TPSA) is 30.9 Å². The Hall–Kier alpha value is -3.52. The molecule has 26 heavy (non-hydrogen) atoms. The fourth-order valence-electron chi connectivity index (χ4n) is 3.70. The highest BCUT2D eigenvalue weighted by molar-refractivity contribution is 5.99. The first kappa shape index (κ1) is 14.8. The summed E-state index contributed by atoms with van der Waals surface area (Å²) >= 11 is 0. The van der Waals surface area contributed by atoms with Gasteiger partial charge in [-0.3, -0.25) is 0 Å². The monoisotopic (exact) mass is 334 g/mol. The number of hydrogen-bond acceptors (Lipinski definition) is 1. The van der Waals surface area contributed by atoms with Crippen molar-refractivity contribution in [2.24, 2.45) is 0 Å². The molecule has 0 unspecified atom stereocenters. The first-order valence-corrected chi connectivity index (χ1v) is 8.75. The standard InChI is InChI=1S/C24H18N2/c25-22-10-3-4-11-24(22)26-15-14-19-16-18(12-13-23(19)26)21-9-5-7-17-6-1-2-8-20(17)21/h1-16H,25H2.